The lowest BCUT2D eigenvalue weighted by Crippen LogP contribution is -2.44. The second-order valence-corrected chi connectivity index (χ2v) is 14.1. The summed E-state index contributed by atoms with van der Waals surface area (Å²) >= 11 is 3.46. The van der Waals surface area contributed by atoms with Gasteiger partial charge >= 0.3 is 0 Å². The molecule has 6 aliphatic rings. The van der Waals surface area contributed by atoms with Crippen molar-refractivity contribution in [3.05, 3.63) is 33.8 Å². The summed E-state index contributed by atoms with van der Waals surface area (Å²) in [7, 11) is 1.49. The van der Waals surface area contributed by atoms with Gasteiger partial charge in [0.05, 0.1) is 35.3 Å². The van der Waals surface area contributed by atoms with E-state index in [9.17, 15) is 24.3 Å². The largest absolute Gasteiger partial charge is 0.503 e. The number of imide groups is 2. The molecule has 6 atom stereocenters. The SMILES string of the molecule is COc1cc([C@H]2C3=CC[C@@H]4C(=O)N(C5CCCCC5)C(=O)[C@@H]4[C@@H]3C[C@H]3C(=O)N(C4CCCCC4)C(=O)[C@@H]23)cc(Br)c1O. The van der Waals surface area contributed by atoms with Crippen LogP contribution < -0.4 is 4.74 Å². The highest BCUT2D eigenvalue weighted by Crippen LogP contribution is 2.59. The topological polar surface area (TPSA) is 104 Å². The Morgan fingerprint density at radius 2 is 1.33 bits per heavy atom. The van der Waals surface area contributed by atoms with Crippen LogP contribution in [-0.4, -0.2) is 57.7 Å². The lowest BCUT2D eigenvalue weighted by molar-refractivity contribution is -0.145. The Labute approximate surface area is 255 Å². The highest BCUT2D eigenvalue weighted by molar-refractivity contribution is 9.10. The first-order valence-corrected chi connectivity index (χ1v) is 16.6. The van der Waals surface area contributed by atoms with Crippen LogP contribution in [0.4, 0.5) is 0 Å². The molecule has 0 bridgehead atoms. The number of amides is 4. The fraction of sp³-hybridized carbons (Fsp3) is 0.636. The summed E-state index contributed by atoms with van der Waals surface area (Å²) in [5, 5.41) is 10.6. The van der Waals surface area contributed by atoms with Gasteiger partial charge in [0.15, 0.2) is 11.5 Å². The second kappa shape index (κ2) is 10.8. The van der Waals surface area contributed by atoms with Gasteiger partial charge in [-0.1, -0.05) is 50.2 Å². The molecule has 8 nitrogen and oxygen atoms in total. The molecule has 0 spiro atoms. The van der Waals surface area contributed by atoms with Crippen LogP contribution in [-0.2, 0) is 19.2 Å². The van der Waals surface area contributed by atoms with Gasteiger partial charge in [0.1, 0.15) is 0 Å². The molecule has 0 radical (unpaired) electrons. The van der Waals surface area contributed by atoms with Crippen LogP contribution >= 0.6 is 15.9 Å². The van der Waals surface area contributed by atoms with E-state index in [-0.39, 0.29) is 53.1 Å². The number of carbonyl (C=O) groups excluding carboxylic acids is 4. The maximum absolute atomic E-state index is 14.3. The molecule has 1 N–H and O–H groups in total. The van der Waals surface area contributed by atoms with Gasteiger partial charge < -0.3 is 9.84 Å². The third-order valence-electron chi connectivity index (χ3n) is 11.2. The van der Waals surface area contributed by atoms with Gasteiger partial charge in [0.2, 0.25) is 23.6 Å². The summed E-state index contributed by atoms with van der Waals surface area (Å²) in [6, 6.07) is 3.46. The van der Waals surface area contributed by atoms with Gasteiger partial charge in [0, 0.05) is 18.0 Å². The number of allylic oxidation sites excluding steroid dienone is 2. The van der Waals surface area contributed by atoms with Gasteiger partial charge in [-0.15, -0.1) is 0 Å². The van der Waals surface area contributed by atoms with Gasteiger partial charge in [-0.25, -0.2) is 0 Å². The molecule has 1 aromatic carbocycles. The van der Waals surface area contributed by atoms with Crippen molar-refractivity contribution in [3.8, 4) is 11.5 Å². The van der Waals surface area contributed by atoms with E-state index in [4.69, 9.17) is 4.74 Å². The molecule has 2 heterocycles. The summed E-state index contributed by atoms with van der Waals surface area (Å²) in [5.74, 6) is -2.91. The minimum atomic E-state index is -0.582. The normalized spacial score (nSPS) is 33.9. The minimum Gasteiger partial charge on any atom is -0.503 e. The first-order valence-electron chi connectivity index (χ1n) is 15.8. The van der Waals surface area contributed by atoms with E-state index < -0.39 is 29.6 Å². The lowest BCUT2D eigenvalue weighted by Gasteiger charge is -2.44. The van der Waals surface area contributed by atoms with E-state index in [1.54, 1.807) is 15.9 Å². The van der Waals surface area contributed by atoms with Gasteiger partial charge in [-0.3, -0.25) is 29.0 Å². The van der Waals surface area contributed by atoms with E-state index in [1.165, 1.54) is 7.11 Å². The molecule has 5 fully saturated rings. The molecule has 1 aromatic rings. The highest BCUT2D eigenvalue weighted by Gasteiger charge is 2.63. The Balaban J connectivity index is 1.32. The van der Waals surface area contributed by atoms with Crippen LogP contribution in [0, 0.1) is 29.6 Å². The van der Waals surface area contributed by atoms with Gasteiger partial charge in [-0.05, 0) is 78.1 Å². The monoisotopic (exact) mass is 638 g/mol. The molecule has 42 heavy (non-hydrogen) atoms. The maximum Gasteiger partial charge on any atom is 0.234 e. The lowest BCUT2D eigenvalue weighted by atomic mass is 9.57. The van der Waals surface area contributed by atoms with Crippen molar-refractivity contribution in [2.45, 2.75) is 95.1 Å². The molecule has 7 rings (SSSR count). The number of phenols is 1. The number of carbonyl (C=O) groups is 4. The van der Waals surface area contributed by atoms with Crippen LogP contribution in [0.1, 0.15) is 88.5 Å². The number of rotatable bonds is 4. The van der Waals surface area contributed by atoms with Crippen molar-refractivity contribution in [1.29, 1.82) is 0 Å². The molecular weight excluding hydrogens is 600 g/mol. The number of hydrogen-bond acceptors (Lipinski definition) is 6. The summed E-state index contributed by atoms with van der Waals surface area (Å²) in [5.41, 5.74) is 1.75. The minimum absolute atomic E-state index is 0.0276. The Morgan fingerprint density at radius 3 is 1.93 bits per heavy atom. The van der Waals surface area contributed by atoms with Crippen molar-refractivity contribution < 1.29 is 29.0 Å². The van der Waals surface area contributed by atoms with Gasteiger partial charge in [0.25, 0.3) is 0 Å². The van der Waals surface area contributed by atoms with Crippen LogP contribution in [0.2, 0.25) is 0 Å². The predicted octanol–water partition coefficient (Wildman–Crippen LogP) is 5.46. The standard InChI is InChI=1S/C33H39BrN2O6/c1-42-25-15-17(14-24(34)29(25)37)26-20-12-13-21-27(32(40)35(30(21)38)18-8-4-2-5-9-18)22(20)16-23-28(26)33(41)36(31(23)39)19-10-6-3-7-11-19/h12,14-15,18-19,21-23,26-28,37H,2-11,13,16H2,1H3/t21-,22+,23+,26-,27-,28+/m0/s1. The number of ether oxygens (including phenoxy) is 1. The summed E-state index contributed by atoms with van der Waals surface area (Å²) < 4.78 is 5.93. The Kier molecular flexibility index (Phi) is 7.22. The number of benzene rings is 1. The number of aromatic hydroxyl groups is 1. The van der Waals surface area contributed by atoms with Gasteiger partial charge in [-0.2, -0.15) is 0 Å². The van der Waals surface area contributed by atoms with Crippen molar-refractivity contribution in [2.75, 3.05) is 7.11 Å². The Hall–Kier alpha value is -2.68. The van der Waals surface area contributed by atoms with Crippen LogP contribution in [0.3, 0.4) is 0 Å². The molecule has 224 valence electrons. The number of phenolic OH excluding ortho intramolecular Hbond substituents is 1. The summed E-state index contributed by atoms with van der Waals surface area (Å²) in [6.45, 7) is 0. The molecule has 3 saturated carbocycles. The summed E-state index contributed by atoms with van der Waals surface area (Å²) in [6.07, 6.45) is 12.7. The molecule has 4 amide bonds. The Morgan fingerprint density at radius 1 is 0.762 bits per heavy atom. The second-order valence-electron chi connectivity index (χ2n) is 13.3. The van der Waals surface area contributed by atoms with Crippen molar-refractivity contribution in [2.24, 2.45) is 29.6 Å². The molecular formula is C33H39BrN2O6. The third kappa shape index (κ3) is 4.20. The number of nitrogens with zero attached hydrogens (tertiary/aromatic N) is 2. The van der Waals surface area contributed by atoms with Crippen molar-refractivity contribution >= 4 is 39.6 Å². The number of methoxy groups -OCH3 is 1. The number of halogens is 1. The van der Waals surface area contributed by atoms with Crippen LogP contribution in [0.25, 0.3) is 0 Å². The van der Waals surface area contributed by atoms with Crippen LogP contribution in [0.5, 0.6) is 11.5 Å². The van der Waals surface area contributed by atoms with Crippen LogP contribution in [0.15, 0.2) is 28.3 Å². The zero-order valence-corrected chi connectivity index (χ0v) is 25.7. The van der Waals surface area contributed by atoms with Crippen molar-refractivity contribution in [1.82, 2.24) is 9.80 Å². The third-order valence-corrected chi connectivity index (χ3v) is 11.8. The van der Waals surface area contributed by atoms with Crippen molar-refractivity contribution in [3.63, 3.8) is 0 Å². The van der Waals surface area contributed by atoms with E-state index in [2.05, 4.69) is 22.0 Å². The summed E-state index contributed by atoms with van der Waals surface area (Å²) in [4.78, 5) is 59.5. The fourth-order valence-corrected chi connectivity index (χ4v) is 9.80. The molecule has 0 unspecified atom stereocenters. The quantitative estimate of drug-likeness (QED) is 0.347. The molecule has 2 aliphatic heterocycles. The fourth-order valence-electron chi connectivity index (χ4n) is 9.34. The van der Waals surface area contributed by atoms with E-state index in [0.717, 1.165) is 75.3 Å². The molecule has 9 heteroatoms. The number of hydrogen-bond donors (Lipinski definition) is 1. The van der Waals surface area contributed by atoms with E-state index in [1.807, 2.05) is 6.07 Å². The Bertz CT molecular complexity index is 1360. The molecule has 4 aliphatic carbocycles. The zero-order chi connectivity index (χ0) is 29.3. The average Bonchev–Trinajstić information content (AvgIpc) is 3.41. The maximum atomic E-state index is 14.3. The van der Waals surface area contributed by atoms with E-state index in [0.29, 0.717) is 17.3 Å². The van der Waals surface area contributed by atoms with E-state index >= 15 is 0 Å². The highest BCUT2D eigenvalue weighted by atomic mass is 79.9. The predicted molar refractivity (Wildman–Crippen MR) is 157 cm³/mol. The average molecular weight is 640 g/mol. The molecule has 2 saturated heterocycles. The number of fused-ring (bicyclic) bond motifs is 4. The smallest absolute Gasteiger partial charge is 0.234 e. The molecule has 0 aromatic heterocycles. The first kappa shape index (κ1) is 28.1. The first-order chi connectivity index (χ1) is 20.3. The number of likely N-dealkylation sites (tertiary alicyclic amines) is 2. The zero-order valence-electron chi connectivity index (χ0n) is 24.1.